The molecule has 4 aliphatic rings. The summed E-state index contributed by atoms with van der Waals surface area (Å²) in [5.74, 6) is -2.97. The van der Waals surface area contributed by atoms with Gasteiger partial charge < -0.3 is 51.4 Å². The lowest BCUT2D eigenvalue weighted by molar-refractivity contribution is -0.138. The van der Waals surface area contributed by atoms with Gasteiger partial charge in [-0.3, -0.25) is 33.7 Å². The molecule has 20 heteroatoms. The number of nitrogens with zero attached hydrogens (tertiary/aromatic N) is 3. The molecule has 1 spiro atoms. The van der Waals surface area contributed by atoms with Crippen molar-refractivity contribution in [1.82, 2.24) is 30.7 Å². The van der Waals surface area contributed by atoms with Gasteiger partial charge in [-0.15, -0.1) is 0 Å². The normalized spacial score (nSPS) is 20.5. The van der Waals surface area contributed by atoms with E-state index in [9.17, 15) is 48.3 Å². The molecule has 3 aliphatic carbocycles. The number of unbranched alkanes of at least 4 members (excludes halogenated alkanes) is 2. The first-order valence-corrected chi connectivity index (χ1v) is 23.3. The number of urea groups is 1. The third-order valence-corrected chi connectivity index (χ3v) is 13.4. The Hall–Kier alpha value is -6.57. The summed E-state index contributed by atoms with van der Waals surface area (Å²) in [5.41, 5.74) is 4.77. The Bertz CT molecular complexity index is 2260. The average molecular weight is 960 g/mol. The van der Waals surface area contributed by atoms with Crippen LogP contribution in [-0.4, -0.2) is 137 Å². The molecule has 0 bridgehead atoms. The molecule has 1 aromatic carbocycles. The molecule has 1 heterocycles. The van der Waals surface area contributed by atoms with Gasteiger partial charge in [0, 0.05) is 86.5 Å². The monoisotopic (exact) mass is 959 g/mol. The van der Waals surface area contributed by atoms with Gasteiger partial charge in [0.15, 0.2) is 5.78 Å². The molecular formula is C49H67N8O12. The fraction of sp³-hybridized carbons (Fsp3) is 0.551. The van der Waals surface area contributed by atoms with E-state index in [4.69, 9.17) is 15.2 Å². The molecule has 1 aliphatic heterocycles. The summed E-state index contributed by atoms with van der Waals surface area (Å²) < 4.78 is 11.5. The second-order valence-electron chi connectivity index (χ2n) is 19.2. The zero-order valence-corrected chi connectivity index (χ0v) is 40.6. The van der Waals surface area contributed by atoms with Crippen LogP contribution in [0.3, 0.4) is 0 Å². The van der Waals surface area contributed by atoms with Crippen LogP contribution >= 0.6 is 0 Å². The maximum absolute atomic E-state index is 13.6. The fourth-order valence-electron chi connectivity index (χ4n) is 8.88. The van der Waals surface area contributed by atoms with Gasteiger partial charge in [0.2, 0.25) is 17.7 Å². The summed E-state index contributed by atoms with van der Waals surface area (Å²) >= 11 is 0. The molecule has 1 aromatic rings. The van der Waals surface area contributed by atoms with E-state index < -0.39 is 70.4 Å². The lowest BCUT2D eigenvalue weighted by atomic mass is 9.67. The van der Waals surface area contributed by atoms with Crippen molar-refractivity contribution in [3.8, 4) is 0 Å². The van der Waals surface area contributed by atoms with Gasteiger partial charge in [0.1, 0.15) is 30.4 Å². The minimum absolute atomic E-state index is 0.0971. The van der Waals surface area contributed by atoms with Crippen molar-refractivity contribution in [3.63, 3.8) is 0 Å². The Morgan fingerprint density at radius 1 is 0.899 bits per heavy atom. The maximum atomic E-state index is 13.6. The van der Waals surface area contributed by atoms with Gasteiger partial charge in [-0.05, 0) is 82.9 Å². The molecule has 1 saturated carbocycles. The Balaban J connectivity index is 1.08. The van der Waals surface area contributed by atoms with E-state index in [0.29, 0.717) is 54.5 Å². The van der Waals surface area contributed by atoms with Crippen LogP contribution in [0.5, 0.6) is 0 Å². The van der Waals surface area contributed by atoms with Crippen LogP contribution in [0.15, 0.2) is 59.2 Å². The van der Waals surface area contributed by atoms with Crippen molar-refractivity contribution in [3.05, 3.63) is 71.7 Å². The van der Waals surface area contributed by atoms with Gasteiger partial charge >= 0.3 is 18.2 Å². The summed E-state index contributed by atoms with van der Waals surface area (Å²) in [5, 5.41) is 21.9. The average Bonchev–Trinajstić information content (AvgIpc) is 3.99. The second kappa shape index (κ2) is 22.2. The molecule has 69 heavy (non-hydrogen) atoms. The molecule has 1 radical (unpaired) electrons. The maximum Gasteiger partial charge on any atom is 0.410 e. The number of fused-ring (bicyclic) bond motifs is 1. The number of nitrogens with one attached hydrogen (secondary N) is 4. The lowest BCUT2D eigenvalue weighted by Crippen LogP contribution is -2.54. The van der Waals surface area contributed by atoms with Crippen LogP contribution in [0.4, 0.5) is 20.1 Å². The number of anilines is 1. The Morgan fingerprint density at radius 3 is 2.12 bits per heavy atom. The lowest BCUT2D eigenvalue weighted by Gasteiger charge is -2.40. The first-order chi connectivity index (χ1) is 32.4. The molecule has 7 N–H and O–H groups in total. The van der Waals surface area contributed by atoms with Crippen molar-refractivity contribution in [2.75, 3.05) is 45.6 Å². The summed E-state index contributed by atoms with van der Waals surface area (Å²) in [6.45, 7) is 13.4. The molecule has 0 saturated heterocycles. The number of imide groups is 1. The van der Waals surface area contributed by atoms with E-state index in [1.807, 2.05) is 6.92 Å². The van der Waals surface area contributed by atoms with Gasteiger partial charge in [-0.25, -0.2) is 14.4 Å². The van der Waals surface area contributed by atoms with Gasteiger partial charge in [0.05, 0.1) is 0 Å². The number of likely N-dealkylation sites (N-methyl/N-ethyl adjacent to an activating group) is 2. The Morgan fingerprint density at radius 2 is 1.52 bits per heavy atom. The van der Waals surface area contributed by atoms with E-state index in [0.717, 1.165) is 10.5 Å². The highest BCUT2D eigenvalue weighted by molar-refractivity contribution is 6.13. The van der Waals surface area contributed by atoms with E-state index in [1.165, 1.54) is 36.0 Å². The van der Waals surface area contributed by atoms with E-state index in [-0.39, 0.29) is 75.7 Å². The molecule has 5 atom stereocenters. The smallest absolute Gasteiger partial charge is 0.410 e. The van der Waals surface area contributed by atoms with Crippen LogP contribution < -0.4 is 27.0 Å². The van der Waals surface area contributed by atoms with Crippen LogP contribution in [0.2, 0.25) is 0 Å². The number of benzene rings is 1. The van der Waals surface area contributed by atoms with E-state index >= 15 is 0 Å². The number of ketones is 1. The summed E-state index contributed by atoms with van der Waals surface area (Å²) in [7, 11) is 3.05. The van der Waals surface area contributed by atoms with Crippen molar-refractivity contribution in [1.29, 1.82) is 0 Å². The predicted molar refractivity (Wildman–Crippen MR) is 252 cm³/mol. The molecule has 2 unspecified atom stereocenters. The van der Waals surface area contributed by atoms with E-state index in [2.05, 4.69) is 28.2 Å². The number of rotatable bonds is 22. The number of aliphatic hydroxyl groups is 1. The number of hydrogen-bond acceptors (Lipinski definition) is 12. The predicted octanol–water partition coefficient (Wildman–Crippen LogP) is 3.40. The molecule has 0 aromatic heterocycles. The number of carbonyl (C=O) groups is 9. The molecule has 5 rings (SSSR count). The minimum Gasteiger partial charge on any atom is -0.445 e. The summed E-state index contributed by atoms with van der Waals surface area (Å²) in [6, 6.07) is 3.71. The Labute approximate surface area is 402 Å². The number of primary amides is 1. The van der Waals surface area contributed by atoms with Crippen molar-refractivity contribution < 1.29 is 57.7 Å². The minimum atomic E-state index is -1.55. The zero-order chi connectivity index (χ0) is 51.0. The van der Waals surface area contributed by atoms with Crippen molar-refractivity contribution in [2.45, 2.75) is 116 Å². The molecule has 375 valence electrons. The van der Waals surface area contributed by atoms with Crippen LogP contribution in [0.1, 0.15) is 91.5 Å². The number of nitrogens with two attached hydrogens (primary N) is 1. The van der Waals surface area contributed by atoms with Crippen molar-refractivity contribution in [2.24, 2.45) is 22.5 Å². The molecular weight excluding hydrogens is 893 g/mol. The first kappa shape index (κ1) is 53.4. The number of ether oxygens (including phenoxy) is 2. The fourth-order valence-corrected chi connectivity index (χ4v) is 8.88. The van der Waals surface area contributed by atoms with Gasteiger partial charge in [-0.1, -0.05) is 51.0 Å². The highest BCUT2D eigenvalue weighted by atomic mass is 16.6. The number of carbonyl (C=O) groups excluding carboxylic acids is 9. The van der Waals surface area contributed by atoms with Gasteiger partial charge in [-0.2, -0.15) is 0 Å². The number of hydrogen-bond donors (Lipinski definition) is 6. The first-order valence-electron chi connectivity index (χ1n) is 23.3. The van der Waals surface area contributed by atoms with Crippen molar-refractivity contribution >= 4 is 59.2 Å². The van der Waals surface area contributed by atoms with Crippen LogP contribution in [0, 0.1) is 23.7 Å². The molecule has 9 amide bonds. The second-order valence-corrected chi connectivity index (χ2v) is 19.2. The van der Waals surface area contributed by atoms with Gasteiger partial charge in [0.25, 0.3) is 11.8 Å². The topological polar surface area (TPSA) is 276 Å². The largest absolute Gasteiger partial charge is 0.445 e. The number of amides is 9. The number of Topliss-reactive ketones (excluding diaryl/α,β-unsaturated/α-hetero) is 1. The third kappa shape index (κ3) is 12.8. The quantitative estimate of drug-likeness (QED) is 0.0721. The van der Waals surface area contributed by atoms with E-state index in [1.54, 1.807) is 58.0 Å². The van der Waals surface area contributed by atoms with Crippen LogP contribution in [-0.2, 0) is 44.8 Å². The summed E-state index contributed by atoms with van der Waals surface area (Å²) in [4.78, 5) is 118. The molecule has 20 nitrogen and oxygen atoms in total. The molecule has 1 fully saturated rings. The summed E-state index contributed by atoms with van der Waals surface area (Å²) in [6.07, 6.45) is 5.33. The third-order valence-electron chi connectivity index (χ3n) is 13.4. The standard InChI is InChI=1S/C49H67N8O12/c1-29(2)39(54-35(58)14-10-9-11-24-57-36(59)19-20-37(57)60)43(63)53-34(13-12-23-51-44(50)64)42(62)52-32-17-15-31(16-18-32)28-68-45(65)55(7)25-26-56(8)46(66)69-41-38-30(3)49(21-22-49)48(6,67)40(61)33(38)27-47(41,4)5/h15-20,27,29,34,39,41,67H,4,9-14,21-26,28H2,1-3,5-8H3,(H,52,62)(H,53,63)(H,54,58)(H3,50,51,64)/t34-,39-,41?,47?,48-/m0/s1. The highest BCUT2D eigenvalue weighted by Crippen LogP contribution is 2.65. The SMILES string of the molecule is [CH2]C1(C)C=C2C(=O)[C@](C)(O)C3(CC3)C(C)=C2C1OC(=O)N(C)CCN(C)C(=O)OCc1ccc(NC(=O)[C@H](CCCNC(N)=O)NC(=O)[C@@H](NC(=O)CCCCCN2C(=O)C=CC2=O)C(C)C)cc1. The van der Waals surface area contributed by atoms with Crippen LogP contribution in [0.25, 0.3) is 0 Å². The zero-order valence-electron chi connectivity index (χ0n) is 40.6. The highest BCUT2D eigenvalue weighted by Gasteiger charge is 2.67. The Kier molecular flexibility index (Phi) is 17.2.